The Morgan fingerprint density at radius 3 is 0.471 bits per heavy atom. The quantitative estimate of drug-likeness (QED) is 0.189. The van der Waals surface area contributed by atoms with Gasteiger partial charge < -0.3 is 0 Å². The van der Waals surface area contributed by atoms with Gasteiger partial charge in [0.15, 0.2) is 0 Å². The number of benzene rings is 3. The van der Waals surface area contributed by atoms with Gasteiger partial charge in [-0.25, -0.2) is 0 Å². The van der Waals surface area contributed by atoms with Crippen LogP contribution in [0.25, 0.3) is 0 Å². The van der Waals surface area contributed by atoms with E-state index in [1.165, 1.54) is 0 Å². The maximum absolute atomic E-state index is 14.4. The zero-order chi connectivity index (χ0) is 26.0. The maximum atomic E-state index is 14.4. The van der Waals surface area contributed by atoms with Gasteiger partial charge in [-0.1, -0.05) is 0 Å². The van der Waals surface area contributed by atoms with E-state index in [1.54, 1.807) is 0 Å². The number of rotatable bonds is 3. The van der Waals surface area contributed by atoms with Gasteiger partial charge >= 0.3 is 181 Å². The van der Waals surface area contributed by atoms with Crippen LogP contribution in [-0.4, -0.2) is 14.7 Å². The van der Waals surface area contributed by atoms with Crippen LogP contribution in [0.5, 0.6) is 0 Å². The molecule has 0 bridgehead atoms. The second-order valence-electron chi connectivity index (χ2n) is 6.09. The van der Waals surface area contributed by atoms with E-state index < -0.39 is 115 Å². The molecule has 0 saturated heterocycles. The average molecular weight is 576 g/mol. The molecule has 0 nitrogen and oxygen atoms in total. The monoisotopic (exact) mass is 576 g/mol. The Hall–Kier alpha value is -2.83. The molecule has 0 aromatic heterocycles. The van der Waals surface area contributed by atoms with Gasteiger partial charge in [0.1, 0.15) is 0 Å². The van der Waals surface area contributed by atoms with Gasteiger partial charge in [-0.3, -0.25) is 0 Å². The van der Waals surface area contributed by atoms with Gasteiger partial charge in [0.25, 0.3) is 0 Å². The van der Waals surface area contributed by atoms with Gasteiger partial charge in [-0.2, -0.15) is 0 Å². The van der Waals surface area contributed by atoms with Crippen molar-refractivity contribution in [2.45, 2.75) is 0 Å². The summed E-state index contributed by atoms with van der Waals surface area (Å²) in [6.45, 7) is 0. The summed E-state index contributed by atoms with van der Waals surface area (Å²) in [5, 5.41) is 0. The first-order valence-corrected chi connectivity index (χ1v) is 10.8. The van der Waals surface area contributed by atoms with Crippen LogP contribution in [-0.2, 0) is 0 Å². The molecule has 0 radical (unpaired) electrons. The zero-order valence-corrected chi connectivity index (χ0v) is 17.0. The van der Waals surface area contributed by atoms with Crippen molar-refractivity contribution in [1.29, 1.82) is 0 Å². The predicted molar refractivity (Wildman–Crippen MR) is 83.4 cm³/mol. The van der Waals surface area contributed by atoms with Crippen molar-refractivity contribution < 1.29 is 65.9 Å². The van der Waals surface area contributed by atoms with Crippen LogP contribution in [0.3, 0.4) is 0 Å². The van der Waals surface area contributed by atoms with Crippen LogP contribution in [0.15, 0.2) is 0 Å². The molecule has 0 spiro atoms. The third-order valence-electron chi connectivity index (χ3n) is 4.23. The summed E-state index contributed by atoms with van der Waals surface area (Å²) in [6, 6.07) is 0. The van der Waals surface area contributed by atoms with E-state index in [2.05, 4.69) is 0 Å². The number of hydrogen-bond donors (Lipinski definition) is 0. The average Bonchev–Trinajstić information content (AvgIpc) is 2.81. The topological polar surface area (TPSA) is 0 Å². The SMILES string of the molecule is Fc1c(F)c(F)c([As](c2c(F)c(F)c(F)c(F)c2F)c2c(F)c(F)c(F)c(F)c2F)c(F)c1F. The van der Waals surface area contributed by atoms with Gasteiger partial charge in [-0.15, -0.1) is 0 Å². The first-order valence-electron chi connectivity index (χ1n) is 8.01. The summed E-state index contributed by atoms with van der Waals surface area (Å²) in [6.07, 6.45) is 0. The molecular formula is C18AsF15. The third kappa shape index (κ3) is 3.51. The second kappa shape index (κ2) is 8.75. The van der Waals surface area contributed by atoms with Crippen molar-refractivity contribution >= 4 is 27.7 Å². The summed E-state index contributed by atoms with van der Waals surface area (Å²) < 4.78 is 201. The minimum atomic E-state index is -6.07. The third-order valence-corrected chi connectivity index (χ3v) is 9.52. The molecule has 0 saturated carbocycles. The molecule has 0 amide bonds. The molecule has 0 heterocycles. The molecular weight excluding hydrogens is 576 g/mol. The van der Waals surface area contributed by atoms with Crippen molar-refractivity contribution in [3.05, 3.63) is 87.3 Å². The molecule has 0 N–H and O–H groups in total. The summed E-state index contributed by atoms with van der Waals surface area (Å²) in [5.74, 6) is -44.5. The van der Waals surface area contributed by atoms with Crippen molar-refractivity contribution in [2.75, 3.05) is 0 Å². The molecule has 0 unspecified atom stereocenters. The summed E-state index contributed by atoms with van der Waals surface area (Å²) in [5.41, 5.74) is 0. The Morgan fingerprint density at radius 1 is 0.206 bits per heavy atom. The molecule has 0 aliphatic carbocycles. The van der Waals surface area contributed by atoms with E-state index in [1.807, 2.05) is 0 Å². The van der Waals surface area contributed by atoms with E-state index in [0.29, 0.717) is 0 Å². The molecule has 182 valence electrons. The van der Waals surface area contributed by atoms with Crippen LogP contribution in [0, 0.1) is 87.3 Å². The first kappa shape index (κ1) is 25.8. The van der Waals surface area contributed by atoms with E-state index in [0.717, 1.165) is 0 Å². The molecule has 0 fully saturated rings. The fraction of sp³-hybridized carbons (Fsp3) is 0. The minimum absolute atomic E-state index is 2.53. The normalized spacial score (nSPS) is 11.6. The van der Waals surface area contributed by atoms with Crippen molar-refractivity contribution in [3.63, 3.8) is 0 Å². The van der Waals surface area contributed by atoms with Crippen molar-refractivity contribution in [3.8, 4) is 0 Å². The Kier molecular flexibility index (Phi) is 6.63. The Labute approximate surface area is 181 Å². The molecule has 0 aliphatic heterocycles. The van der Waals surface area contributed by atoms with E-state index in [4.69, 9.17) is 0 Å². The van der Waals surface area contributed by atoms with Crippen molar-refractivity contribution in [2.24, 2.45) is 0 Å². The zero-order valence-electron chi connectivity index (χ0n) is 15.1. The fourth-order valence-corrected chi connectivity index (χ4v) is 7.82. The predicted octanol–water partition coefficient (Wildman–Crippen LogP) is 4.29. The molecule has 16 heteroatoms. The van der Waals surface area contributed by atoms with E-state index in [9.17, 15) is 65.9 Å². The summed E-state index contributed by atoms with van der Waals surface area (Å²) in [4.78, 5) is 0. The van der Waals surface area contributed by atoms with Gasteiger partial charge in [0.2, 0.25) is 0 Å². The molecule has 34 heavy (non-hydrogen) atoms. The van der Waals surface area contributed by atoms with Gasteiger partial charge in [-0.05, 0) is 0 Å². The number of halogens is 15. The van der Waals surface area contributed by atoms with E-state index in [-0.39, 0.29) is 0 Å². The summed E-state index contributed by atoms with van der Waals surface area (Å²) in [7, 11) is 0. The van der Waals surface area contributed by atoms with Crippen LogP contribution < -0.4 is 13.1 Å². The van der Waals surface area contributed by atoms with Crippen LogP contribution in [0.1, 0.15) is 0 Å². The fourth-order valence-electron chi connectivity index (χ4n) is 2.70. The van der Waals surface area contributed by atoms with Crippen LogP contribution in [0.4, 0.5) is 65.9 Å². The second-order valence-corrected chi connectivity index (χ2v) is 10.3. The molecule has 3 aromatic rings. The Balaban J connectivity index is 2.68. The van der Waals surface area contributed by atoms with Crippen LogP contribution >= 0.6 is 0 Å². The van der Waals surface area contributed by atoms with Crippen LogP contribution in [0.2, 0.25) is 0 Å². The molecule has 3 rings (SSSR count). The van der Waals surface area contributed by atoms with E-state index >= 15 is 0 Å². The van der Waals surface area contributed by atoms with Crippen molar-refractivity contribution in [1.82, 2.24) is 0 Å². The standard InChI is InChI=1S/C18AsF15/c20-4-1(5(21)11(27)16(32)10(4)26)19(2-6(22)12(28)17(33)13(29)7(2)23)3-8(24)14(30)18(34)15(31)9(3)25. The Bertz CT molecular complexity index is 1110. The van der Waals surface area contributed by atoms with Gasteiger partial charge in [0, 0.05) is 0 Å². The van der Waals surface area contributed by atoms with Gasteiger partial charge in [0.05, 0.1) is 0 Å². The molecule has 0 aliphatic rings. The number of hydrogen-bond acceptors (Lipinski definition) is 0. The molecule has 0 atom stereocenters. The summed E-state index contributed by atoms with van der Waals surface area (Å²) >= 11 is -6.07. The first-order chi connectivity index (χ1) is 15.7. The molecule has 3 aromatic carbocycles. The Morgan fingerprint density at radius 2 is 0.324 bits per heavy atom.